The van der Waals surface area contributed by atoms with Crippen LogP contribution in [0.4, 0.5) is 0 Å². The van der Waals surface area contributed by atoms with Crippen LogP contribution in [-0.2, 0) is 22.6 Å². The highest BCUT2D eigenvalue weighted by Crippen LogP contribution is 2.16. The van der Waals surface area contributed by atoms with E-state index in [-0.39, 0.29) is 6.29 Å². The molecule has 0 radical (unpaired) electrons. The van der Waals surface area contributed by atoms with Crippen molar-refractivity contribution in [3.8, 4) is 5.69 Å². The molecule has 1 saturated heterocycles. The highest BCUT2D eigenvalue weighted by atomic mass is 16.7. The zero-order valence-corrected chi connectivity index (χ0v) is 16.6. The summed E-state index contributed by atoms with van der Waals surface area (Å²) in [7, 11) is 0. The molecule has 2 aromatic rings. The van der Waals surface area contributed by atoms with Gasteiger partial charge < -0.3 is 14.8 Å². The van der Waals surface area contributed by atoms with E-state index in [4.69, 9.17) is 9.47 Å². The number of hydrogen-bond donors (Lipinski definition) is 1. The van der Waals surface area contributed by atoms with Crippen molar-refractivity contribution in [3.63, 3.8) is 0 Å². The Labute approximate surface area is 162 Å². The number of unbranched alkanes of at least 4 members (excludes halogenated alkanes) is 1. The third-order valence-corrected chi connectivity index (χ3v) is 4.94. The maximum Gasteiger partial charge on any atom is 0.158 e. The van der Waals surface area contributed by atoms with Gasteiger partial charge in [0.2, 0.25) is 0 Å². The minimum atomic E-state index is -0.101. The van der Waals surface area contributed by atoms with Crippen LogP contribution in [0.2, 0.25) is 0 Å². The van der Waals surface area contributed by atoms with Crippen LogP contribution < -0.4 is 5.32 Å². The largest absolute Gasteiger partial charge is 0.353 e. The molecule has 0 spiro atoms. The van der Waals surface area contributed by atoms with E-state index in [0.29, 0.717) is 12.6 Å². The second-order valence-electron chi connectivity index (χ2n) is 7.35. The normalized spacial score (nSPS) is 18.5. The number of nitrogens with one attached hydrogen (secondary N) is 1. The molecule has 1 N–H and O–H groups in total. The van der Waals surface area contributed by atoms with Gasteiger partial charge in [0.05, 0.1) is 18.5 Å². The lowest BCUT2D eigenvalue weighted by atomic mass is 10.1. The molecule has 1 fully saturated rings. The van der Waals surface area contributed by atoms with Crippen LogP contribution in [0, 0.1) is 0 Å². The van der Waals surface area contributed by atoms with E-state index in [0.717, 1.165) is 43.8 Å². The van der Waals surface area contributed by atoms with Crippen molar-refractivity contribution in [2.75, 3.05) is 6.61 Å². The summed E-state index contributed by atoms with van der Waals surface area (Å²) in [4.78, 5) is 0. The standard InChI is InChI=1S/C21H32N4O2/c1-3-4-7-17(2)22-14-18-9-11-20(12-10-18)25-15-19(23-24-25)16-27-21-8-5-6-13-26-21/h9-12,15,17,21-22H,3-8,13-14,16H2,1-2H3. The molecule has 6 heteroatoms. The second-order valence-corrected chi connectivity index (χ2v) is 7.35. The number of aromatic nitrogens is 3. The Morgan fingerprint density at radius 1 is 1.30 bits per heavy atom. The molecule has 3 rings (SSSR count). The van der Waals surface area contributed by atoms with E-state index in [9.17, 15) is 0 Å². The maximum absolute atomic E-state index is 5.77. The Morgan fingerprint density at radius 2 is 2.15 bits per heavy atom. The second kappa shape index (κ2) is 10.5. The lowest BCUT2D eigenvalue weighted by Gasteiger charge is -2.22. The van der Waals surface area contributed by atoms with Crippen molar-refractivity contribution in [3.05, 3.63) is 41.7 Å². The fourth-order valence-corrected chi connectivity index (χ4v) is 3.18. The predicted molar refractivity (Wildman–Crippen MR) is 106 cm³/mol. The number of nitrogens with zero attached hydrogens (tertiary/aromatic N) is 3. The summed E-state index contributed by atoms with van der Waals surface area (Å²) < 4.78 is 13.1. The van der Waals surface area contributed by atoms with E-state index < -0.39 is 0 Å². The Hall–Kier alpha value is -1.76. The molecule has 0 saturated carbocycles. The lowest BCUT2D eigenvalue weighted by Crippen LogP contribution is -2.25. The van der Waals surface area contributed by atoms with Crippen molar-refractivity contribution in [1.82, 2.24) is 20.3 Å². The Bertz CT molecular complexity index is 665. The van der Waals surface area contributed by atoms with Gasteiger partial charge in [-0.1, -0.05) is 37.1 Å². The molecule has 6 nitrogen and oxygen atoms in total. The van der Waals surface area contributed by atoms with E-state index in [1.165, 1.54) is 24.8 Å². The Kier molecular flexibility index (Phi) is 7.80. The first kappa shape index (κ1) is 20.0. The minimum absolute atomic E-state index is 0.101. The molecule has 1 aromatic carbocycles. The van der Waals surface area contributed by atoms with Crippen molar-refractivity contribution < 1.29 is 9.47 Å². The number of hydrogen-bond acceptors (Lipinski definition) is 5. The SMILES string of the molecule is CCCCC(C)NCc1ccc(-n2cc(COC3CCCCO3)nn2)cc1. The van der Waals surface area contributed by atoms with Gasteiger partial charge in [0.15, 0.2) is 6.29 Å². The molecule has 1 aliphatic rings. The number of rotatable bonds is 10. The van der Waals surface area contributed by atoms with Crippen LogP contribution in [0.5, 0.6) is 0 Å². The molecule has 27 heavy (non-hydrogen) atoms. The molecule has 148 valence electrons. The van der Waals surface area contributed by atoms with Gasteiger partial charge >= 0.3 is 0 Å². The lowest BCUT2D eigenvalue weighted by molar-refractivity contribution is -0.169. The monoisotopic (exact) mass is 372 g/mol. The van der Waals surface area contributed by atoms with E-state index in [2.05, 4.69) is 53.7 Å². The summed E-state index contributed by atoms with van der Waals surface area (Å²) >= 11 is 0. The van der Waals surface area contributed by atoms with Crippen molar-refractivity contribution in [2.45, 2.75) is 77.9 Å². The summed E-state index contributed by atoms with van der Waals surface area (Å²) in [5.41, 5.74) is 3.10. The molecular weight excluding hydrogens is 340 g/mol. The smallest absolute Gasteiger partial charge is 0.158 e. The topological polar surface area (TPSA) is 61.2 Å². The van der Waals surface area contributed by atoms with E-state index >= 15 is 0 Å². The molecule has 0 aliphatic carbocycles. The molecular formula is C21H32N4O2. The molecule has 2 atom stereocenters. The van der Waals surface area contributed by atoms with Gasteiger partial charge in [-0.25, -0.2) is 4.68 Å². The van der Waals surface area contributed by atoms with Gasteiger partial charge in [0.1, 0.15) is 5.69 Å². The van der Waals surface area contributed by atoms with Crippen molar-refractivity contribution in [2.24, 2.45) is 0 Å². The van der Waals surface area contributed by atoms with Crippen molar-refractivity contribution in [1.29, 1.82) is 0 Å². The molecule has 0 bridgehead atoms. The first-order valence-corrected chi connectivity index (χ1v) is 10.2. The van der Waals surface area contributed by atoms with Gasteiger partial charge in [0.25, 0.3) is 0 Å². The first-order chi connectivity index (χ1) is 13.2. The summed E-state index contributed by atoms with van der Waals surface area (Å²) in [6.07, 6.45) is 8.82. The number of benzene rings is 1. The highest BCUT2D eigenvalue weighted by molar-refractivity contribution is 5.33. The summed E-state index contributed by atoms with van der Waals surface area (Å²) in [6.45, 7) is 6.60. The number of ether oxygens (including phenoxy) is 2. The Morgan fingerprint density at radius 3 is 2.89 bits per heavy atom. The third kappa shape index (κ3) is 6.41. The van der Waals surface area contributed by atoms with Crippen molar-refractivity contribution >= 4 is 0 Å². The zero-order valence-electron chi connectivity index (χ0n) is 16.6. The van der Waals surface area contributed by atoms with Gasteiger partial charge in [-0.2, -0.15) is 0 Å². The summed E-state index contributed by atoms with van der Waals surface area (Å²) in [6, 6.07) is 9.00. The molecule has 2 heterocycles. The molecule has 2 unspecified atom stereocenters. The summed E-state index contributed by atoms with van der Waals surface area (Å²) in [5, 5.41) is 12.0. The zero-order chi connectivity index (χ0) is 18.9. The van der Waals surface area contributed by atoms with Gasteiger partial charge in [0, 0.05) is 19.2 Å². The fourth-order valence-electron chi connectivity index (χ4n) is 3.18. The van der Waals surface area contributed by atoms with Gasteiger partial charge in [-0.3, -0.25) is 0 Å². The molecule has 1 aromatic heterocycles. The minimum Gasteiger partial charge on any atom is -0.353 e. The Balaban J connectivity index is 1.47. The van der Waals surface area contributed by atoms with E-state index in [1.54, 1.807) is 4.68 Å². The average Bonchev–Trinajstić information content (AvgIpc) is 3.19. The first-order valence-electron chi connectivity index (χ1n) is 10.2. The van der Waals surface area contributed by atoms with Crippen LogP contribution in [0.3, 0.4) is 0 Å². The van der Waals surface area contributed by atoms with Crippen LogP contribution in [-0.4, -0.2) is 33.9 Å². The van der Waals surface area contributed by atoms with Crippen LogP contribution in [0.1, 0.15) is 63.6 Å². The van der Waals surface area contributed by atoms with E-state index in [1.807, 2.05) is 6.20 Å². The van der Waals surface area contributed by atoms with Gasteiger partial charge in [-0.05, 0) is 50.3 Å². The average molecular weight is 373 g/mol. The maximum atomic E-state index is 5.77. The van der Waals surface area contributed by atoms with Crippen LogP contribution in [0.15, 0.2) is 30.5 Å². The molecule has 1 aliphatic heterocycles. The highest BCUT2D eigenvalue weighted by Gasteiger charge is 2.15. The predicted octanol–water partition coefficient (Wildman–Crippen LogP) is 3.98. The van der Waals surface area contributed by atoms with Crippen LogP contribution in [0.25, 0.3) is 5.69 Å². The third-order valence-electron chi connectivity index (χ3n) is 4.94. The van der Waals surface area contributed by atoms with Crippen LogP contribution >= 0.6 is 0 Å². The molecule has 0 amide bonds. The summed E-state index contributed by atoms with van der Waals surface area (Å²) in [5.74, 6) is 0. The fraction of sp³-hybridized carbons (Fsp3) is 0.619. The van der Waals surface area contributed by atoms with Gasteiger partial charge in [-0.15, -0.1) is 5.10 Å². The quantitative estimate of drug-likeness (QED) is 0.683.